The van der Waals surface area contributed by atoms with Crippen molar-refractivity contribution in [3.8, 4) is 0 Å². The van der Waals surface area contributed by atoms with Gasteiger partial charge in [0.2, 0.25) is 5.91 Å². The normalized spacial score (nSPS) is 15.1. The van der Waals surface area contributed by atoms with Crippen LogP contribution in [0.25, 0.3) is 10.8 Å². The second-order valence-corrected chi connectivity index (χ2v) is 7.32. The van der Waals surface area contributed by atoms with Gasteiger partial charge in [-0.25, -0.2) is 0 Å². The van der Waals surface area contributed by atoms with Crippen molar-refractivity contribution < 1.29 is 4.79 Å². The summed E-state index contributed by atoms with van der Waals surface area (Å²) in [6.45, 7) is 3.42. The van der Waals surface area contributed by atoms with E-state index in [0.29, 0.717) is 18.7 Å². The minimum Gasteiger partial charge on any atom is -0.384 e. The molecule has 1 saturated heterocycles. The Morgan fingerprint density at radius 2 is 1.61 bits per heavy atom. The lowest BCUT2D eigenvalue weighted by atomic mass is 10.1. The number of rotatable bonds is 5. The molecule has 0 unspecified atom stereocenters. The van der Waals surface area contributed by atoms with Crippen LogP contribution in [-0.4, -0.2) is 41.2 Å². The second kappa shape index (κ2) is 7.82. The first-order valence-electron chi connectivity index (χ1n) is 9.49. The third-order valence-corrected chi connectivity index (χ3v) is 5.26. The first kappa shape index (κ1) is 18.2. The molecule has 0 radical (unpaired) electrons. The number of hydrogen-bond donors (Lipinski definition) is 2. The fourth-order valence-corrected chi connectivity index (χ4v) is 3.66. The summed E-state index contributed by atoms with van der Waals surface area (Å²) in [6.07, 6.45) is 0. The smallest absolute Gasteiger partial charge is 0.237 e. The monoisotopic (exact) mass is 372 g/mol. The molecular formula is C23H24N4O. The maximum atomic E-state index is 12.6. The summed E-state index contributed by atoms with van der Waals surface area (Å²) in [5.74, 6) is 0.215. The van der Waals surface area contributed by atoms with Gasteiger partial charge < -0.3 is 10.6 Å². The molecule has 1 heterocycles. The molecule has 3 N–H and O–H groups in total. The van der Waals surface area contributed by atoms with Gasteiger partial charge in [0, 0.05) is 31.7 Å². The van der Waals surface area contributed by atoms with E-state index in [1.54, 1.807) is 0 Å². The van der Waals surface area contributed by atoms with Gasteiger partial charge >= 0.3 is 0 Å². The maximum Gasteiger partial charge on any atom is 0.237 e. The van der Waals surface area contributed by atoms with E-state index in [9.17, 15) is 4.79 Å². The highest BCUT2D eigenvalue weighted by Gasteiger charge is 2.24. The van der Waals surface area contributed by atoms with Crippen molar-refractivity contribution in [3.05, 3.63) is 83.4 Å². The molecule has 0 atom stereocenters. The predicted octanol–water partition coefficient (Wildman–Crippen LogP) is 2.97. The first-order valence-corrected chi connectivity index (χ1v) is 9.49. The Kier molecular flexibility index (Phi) is 5.08. The number of fused-ring (bicyclic) bond motifs is 1. The van der Waals surface area contributed by atoms with E-state index in [1.807, 2.05) is 35.2 Å². The number of piperazine rings is 1. The molecule has 0 bridgehead atoms. The zero-order chi connectivity index (χ0) is 19.5. The molecule has 5 nitrogen and oxygen atoms in total. The van der Waals surface area contributed by atoms with Crippen LogP contribution in [0, 0.1) is 5.41 Å². The lowest BCUT2D eigenvalue weighted by molar-refractivity contribution is -0.136. The van der Waals surface area contributed by atoms with Gasteiger partial charge in [-0.2, -0.15) is 0 Å². The topological polar surface area (TPSA) is 73.4 Å². The van der Waals surface area contributed by atoms with Crippen molar-refractivity contribution in [3.63, 3.8) is 0 Å². The number of amidine groups is 1. The largest absolute Gasteiger partial charge is 0.384 e. The number of nitrogens with two attached hydrogens (primary N) is 1. The zero-order valence-electron chi connectivity index (χ0n) is 15.8. The summed E-state index contributed by atoms with van der Waals surface area (Å²) in [7, 11) is 0. The van der Waals surface area contributed by atoms with Gasteiger partial charge in [-0.15, -0.1) is 0 Å². The molecule has 0 aromatic heterocycles. The molecule has 1 aliphatic heterocycles. The lowest BCUT2D eigenvalue weighted by Crippen LogP contribution is -2.49. The van der Waals surface area contributed by atoms with Crippen molar-refractivity contribution >= 4 is 22.5 Å². The summed E-state index contributed by atoms with van der Waals surface area (Å²) in [5, 5.41) is 9.93. The van der Waals surface area contributed by atoms with E-state index in [1.165, 1.54) is 16.3 Å². The van der Waals surface area contributed by atoms with Crippen molar-refractivity contribution in [2.24, 2.45) is 5.73 Å². The van der Waals surface area contributed by atoms with Gasteiger partial charge in [0.15, 0.2) is 0 Å². The number of carbonyl (C=O) groups is 1. The summed E-state index contributed by atoms with van der Waals surface area (Å²) in [5.41, 5.74) is 8.49. The highest BCUT2D eigenvalue weighted by atomic mass is 16.2. The van der Waals surface area contributed by atoms with E-state index < -0.39 is 0 Å². The van der Waals surface area contributed by atoms with E-state index in [-0.39, 0.29) is 11.7 Å². The van der Waals surface area contributed by atoms with Crippen molar-refractivity contribution in [1.29, 1.82) is 5.41 Å². The van der Waals surface area contributed by atoms with Crippen molar-refractivity contribution in [2.75, 3.05) is 19.6 Å². The van der Waals surface area contributed by atoms with Gasteiger partial charge in [-0.05, 0) is 28.0 Å². The molecule has 3 aromatic carbocycles. The van der Waals surface area contributed by atoms with Gasteiger partial charge in [-0.1, -0.05) is 60.7 Å². The molecule has 1 amide bonds. The molecule has 0 aliphatic carbocycles. The number of amides is 1. The number of hydrogen-bond acceptors (Lipinski definition) is 3. The van der Waals surface area contributed by atoms with E-state index >= 15 is 0 Å². The summed E-state index contributed by atoms with van der Waals surface area (Å²) < 4.78 is 0. The van der Waals surface area contributed by atoms with Crippen molar-refractivity contribution in [2.45, 2.75) is 13.1 Å². The highest BCUT2D eigenvalue weighted by molar-refractivity contribution is 5.94. The number of carbonyl (C=O) groups excluding carboxylic acids is 1. The summed E-state index contributed by atoms with van der Waals surface area (Å²) in [4.78, 5) is 16.7. The molecule has 4 rings (SSSR count). The van der Waals surface area contributed by atoms with E-state index in [4.69, 9.17) is 11.1 Å². The minimum absolute atomic E-state index is 0.0601. The van der Waals surface area contributed by atoms with Crippen LogP contribution < -0.4 is 5.73 Å². The Bertz CT molecular complexity index is 1010. The minimum atomic E-state index is 0.0601. The van der Waals surface area contributed by atoms with Crippen LogP contribution in [0.15, 0.2) is 66.7 Å². The average molecular weight is 372 g/mol. The second-order valence-electron chi connectivity index (χ2n) is 7.32. The molecular weight excluding hydrogens is 348 g/mol. The molecule has 3 aromatic rings. The van der Waals surface area contributed by atoms with Gasteiger partial charge in [0.1, 0.15) is 5.84 Å². The fraction of sp³-hybridized carbons (Fsp3) is 0.217. The highest BCUT2D eigenvalue weighted by Crippen LogP contribution is 2.18. The van der Waals surface area contributed by atoms with Gasteiger partial charge in [-0.3, -0.25) is 15.1 Å². The van der Waals surface area contributed by atoms with Crippen molar-refractivity contribution in [1.82, 2.24) is 9.80 Å². The van der Waals surface area contributed by atoms with Crippen LogP contribution in [0.2, 0.25) is 0 Å². The Balaban J connectivity index is 1.36. The molecule has 1 aliphatic rings. The lowest BCUT2D eigenvalue weighted by Gasteiger charge is -2.34. The van der Waals surface area contributed by atoms with Crippen LogP contribution in [0.4, 0.5) is 0 Å². The Hall–Kier alpha value is -3.18. The van der Waals surface area contributed by atoms with Crippen LogP contribution in [-0.2, 0) is 17.9 Å². The molecule has 5 heteroatoms. The van der Waals surface area contributed by atoms with Crippen LogP contribution in [0.5, 0.6) is 0 Å². The molecule has 1 fully saturated rings. The standard InChI is InChI=1S/C23H24N4O/c24-23(25)20-9-5-17(6-10-20)15-27-12-11-26(16-22(27)28)14-18-7-8-19-3-1-2-4-21(19)13-18/h1-10,13H,11-12,14-16H2,(H3,24,25). The van der Waals surface area contributed by atoms with Gasteiger partial charge in [0.05, 0.1) is 6.54 Å². The number of nitrogens with zero attached hydrogens (tertiary/aromatic N) is 2. The fourth-order valence-electron chi connectivity index (χ4n) is 3.66. The first-order chi connectivity index (χ1) is 13.6. The predicted molar refractivity (Wildman–Crippen MR) is 112 cm³/mol. The van der Waals surface area contributed by atoms with Crippen LogP contribution in [0.3, 0.4) is 0 Å². The summed E-state index contributed by atoms with van der Waals surface area (Å²) in [6, 6.07) is 22.4. The SMILES string of the molecule is N=C(N)c1ccc(CN2CCN(Cc3ccc4ccccc4c3)CC2=O)cc1. The number of nitrogen functional groups attached to an aromatic ring is 1. The zero-order valence-corrected chi connectivity index (χ0v) is 15.8. The van der Waals surface area contributed by atoms with Crippen LogP contribution >= 0.6 is 0 Å². The van der Waals surface area contributed by atoms with E-state index in [0.717, 1.165) is 25.2 Å². The third kappa shape index (κ3) is 4.05. The number of nitrogens with one attached hydrogen (secondary N) is 1. The Morgan fingerprint density at radius 1 is 0.893 bits per heavy atom. The molecule has 0 saturated carbocycles. The molecule has 28 heavy (non-hydrogen) atoms. The van der Waals surface area contributed by atoms with E-state index in [2.05, 4.69) is 41.3 Å². The maximum absolute atomic E-state index is 12.6. The molecule has 142 valence electrons. The number of benzene rings is 3. The van der Waals surface area contributed by atoms with Gasteiger partial charge in [0.25, 0.3) is 0 Å². The third-order valence-electron chi connectivity index (χ3n) is 5.26. The molecule has 0 spiro atoms. The van der Waals surface area contributed by atoms with Crippen LogP contribution in [0.1, 0.15) is 16.7 Å². The Labute approximate surface area is 164 Å². The summed E-state index contributed by atoms with van der Waals surface area (Å²) >= 11 is 0. The average Bonchev–Trinajstić information content (AvgIpc) is 2.70. The quantitative estimate of drug-likeness (QED) is 0.534. The Morgan fingerprint density at radius 3 is 2.32 bits per heavy atom.